The molecule has 0 saturated heterocycles. The third kappa shape index (κ3) is 4.77. The molecule has 22 heavy (non-hydrogen) atoms. The standard InChI is InChI=1S/C17H18F3NO/c18-17(19,20)15-7-1-5-14(10-15)12-22-16-8-2-4-13(11-16)6-3-9-21/h1-2,4-5,7-8,10-11H,3,6,9,12,21H2. The summed E-state index contributed by atoms with van der Waals surface area (Å²) in [5.74, 6) is 0.645. The zero-order valence-electron chi connectivity index (χ0n) is 12.1. The van der Waals surface area contributed by atoms with Gasteiger partial charge in [-0.25, -0.2) is 0 Å². The lowest BCUT2D eigenvalue weighted by Crippen LogP contribution is -2.06. The molecular weight excluding hydrogens is 291 g/mol. The number of halogens is 3. The average molecular weight is 309 g/mol. The molecule has 5 heteroatoms. The number of ether oxygens (including phenoxy) is 1. The van der Waals surface area contributed by atoms with Gasteiger partial charge in [-0.3, -0.25) is 0 Å². The van der Waals surface area contributed by atoms with Gasteiger partial charge < -0.3 is 10.5 Å². The molecule has 2 N–H and O–H groups in total. The number of nitrogens with two attached hydrogens (primary N) is 1. The Hall–Kier alpha value is -2.01. The first-order valence-electron chi connectivity index (χ1n) is 7.07. The molecule has 0 aliphatic carbocycles. The largest absolute Gasteiger partial charge is 0.489 e. The first-order valence-corrected chi connectivity index (χ1v) is 7.07. The van der Waals surface area contributed by atoms with Crippen LogP contribution >= 0.6 is 0 Å². The van der Waals surface area contributed by atoms with Gasteiger partial charge in [-0.1, -0.05) is 24.3 Å². The van der Waals surface area contributed by atoms with Crippen LogP contribution in [0.5, 0.6) is 5.75 Å². The second kappa shape index (κ2) is 7.31. The van der Waals surface area contributed by atoms with E-state index in [-0.39, 0.29) is 6.61 Å². The van der Waals surface area contributed by atoms with Gasteiger partial charge in [0.05, 0.1) is 5.56 Å². The van der Waals surface area contributed by atoms with Crippen molar-refractivity contribution in [3.05, 3.63) is 65.2 Å². The second-order valence-corrected chi connectivity index (χ2v) is 5.03. The van der Waals surface area contributed by atoms with Gasteiger partial charge in [-0.15, -0.1) is 0 Å². The van der Waals surface area contributed by atoms with Crippen molar-refractivity contribution in [3.8, 4) is 5.75 Å². The summed E-state index contributed by atoms with van der Waals surface area (Å²) < 4.78 is 43.5. The van der Waals surface area contributed by atoms with Gasteiger partial charge in [0, 0.05) is 0 Å². The molecule has 2 nitrogen and oxygen atoms in total. The van der Waals surface area contributed by atoms with E-state index in [1.165, 1.54) is 6.07 Å². The van der Waals surface area contributed by atoms with E-state index >= 15 is 0 Å². The molecule has 0 spiro atoms. The molecule has 0 bridgehead atoms. The molecule has 0 saturated carbocycles. The Morgan fingerprint density at radius 1 is 0.955 bits per heavy atom. The summed E-state index contributed by atoms with van der Waals surface area (Å²) in [7, 11) is 0. The van der Waals surface area contributed by atoms with E-state index in [2.05, 4.69) is 0 Å². The molecule has 0 radical (unpaired) electrons. The van der Waals surface area contributed by atoms with Gasteiger partial charge >= 0.3 is 6.18 Å². The highest BCUT2D eigenvalue weighted by atomic mass is 19.4. The molecule has 2 aromatic rings. The van der Waals surface area contributed by atoms with Crippen molar-refractivity contribution in [2.24, 2.45) is 5.73 Å². The highest BCUT2D eigenvalue weighted by molar-refractivity contribution is 5.30. The number of alkyl halides is 3. The van der Waals surface area contributed by atoms with E-state index in [0.29, 0.717) is 17.9 Å². The fourth-order valence-corrected chi connectivity index (χ4v) is 2.10. The molecular formula is C17H18F3NO. The van der Waals surface area contributed by atoms with E-state index in [0.717, 1.165) is 30.5 Å². The Bertz CT molecular complexity index is 611. The van der Waals surface area contributed by atoms with E-state index in [9.17, 15) is 13.2 Å². The third-order valence-corrected chi connectivity index (χ3v) is 3.23. The van der Waals surface area contributed by atoms with Crippen LogP contribution in [-0.4, -0.2) is 6.54 Å². The van der Waals surface area contributed by atoms with Gasteiger partial charge in [0.25, 0.3) is 0 Å². The van der Waals surface area contributed by atoms with Crippen LogP contribution in [0, 0.1) is 0 Å². The van der Waals surface area contributed by atoms with Crippen LogP contribution < -0.4 is 10.5 Å². The van der Waals surface area contributed by atoms with E-state index in [1.807, 2.05) is 18.2 Å². The molecule has 0 aliphatic heterocycles. The summed E-state index contributed by atoms with van der Waals surface area (Å²) in [5, 5.41) is 0. The van der Waals surface area contributed by atoms with E-state index in [4.69, 9.17) is 10.5 Å². The van der Waals surface area contributed by atoms with Crippen LogP contribution in [0.1, 0.15) is 23.1 Å². The molecule has 0 amide bonds. The van der Waals surface area contributed by atoms with Gasteiger partial charge in [-0.2, -0.15) is 13.2 Å². The van der Waals surface area contributed by atoms with Gasteiger partial charge in [0.2, 0.25) is 0 Å². The van der Waals surface area contributed by atoms with Crippen LogP contribution in [0.15, 0.2) is 48.5 Å². The van der Waals surface area contributed by atoms with Crippen LogP contribution in [-0.2, 0) is 19.2 Å². The molecule has 0 atom stereocenters. The molecule has 0 aromatic heterocycles. The normalized spacial score (nSPS) is 11.5. The summed E-state index contributed by atoms with van der Waals surface area (Å²) in [4.78, 5) is 0. The van der Waals surface area contributed by atoms with Crippen molar-refractivity contribution in [2.75, 3.05) is 6.54 Å². The van der Waals surface area contributed by atoms with Crippen LogP contribution in [0.25, 0.3) is 0 Å². The SMILES string of the molecule is NCCCc1cccc(OCc2cccc(C(F)(F)F)c2)c1. The number of hydrogen-bond donors (Lipinski definition) is 1. The number of aryl methyl sites for hydroxylation is 1. The Balaban J connectivity index is 2.01. The van der Waals surface area contributed by atoms with Crippen molar-refractivity contribution in [1.29, 1.82) is 0 Å². The maximum atomic E-state index is 12.7. The number of benzene rings is 2. The monoisotopic (exact) mass is 309 g/mol. The topological polar surface area (TPSA) is 35.2 Å². The molecule has 2 aromatic carbocycles. The lowest BCUT2D eigenvalue weighted by atomic mass is 10.1. The molecule has 0 aliphatic rings. The van der Waals surface area contributed by atoms with Gasteiger partial charge in [0.1, 0.15) is 12.4 Å². The van der Waals surface area contributed by atoms with Crippen molar-refractivity contribution in [1.82, 2.24) is 0 Å². The van der Waals surface area contributed by atoms with Gasteiger partial charge in [0.15, 0.2) is 0 Å². The van der Waals surface area contributed by atoms with Crippen molar-refractivity contribution >= 4 is 0 Å². The maximum absolute atomic E-state index is 12.7. The molecule has 0 unspecified atom stereocenters. The summed E-state index contributed by atoms with van der Waals surface area (Å²) in [6.45, 7) is 0.722. The van der Waals surface area contributed by atoms with E-state index in [1.54, 1.807) is 12.1 Å². The second-order valence-electron chi connectivity index (χ2n) is 5.03. The molecule has 2 rings (SSSR count). The lowest BCUT2D eigenvalue weighted by Gasteiger charge is -2.11. The first kappa shape index (κ1) is 16.4. The van der Waals surface area contributed by atoms with Crippen LogP contribution in [0.2, 0.25) is 0 Å². The third-order valence-electron chi connectivity index (χ3n) is 3.23. The average Bonchev–Trinajstić information content (AvgIpc) is 2.51. The highest BCUT2D eigenvalue weighted by Crippen LogP contribution is 2.29. The predicted octanol–water partition coefficient (Wildman–Crippen LogP) is 4.18. The Labute approximate surface area is 127 Å². The Morgan fingerprint density at radius 2 is 1.68 bits per heavy atom. The fraction of sp³-hybridized carbons (Fsp3) is 0.294. The summed E-state index contributed by atoms with van der Waals surface area (Å²) in [6.07, 6.45) is -2.59. The minimum atomic E-state index is -4.34. The van der Waals surface area contributed by atoms with Crippen LogP contribution in [0.3, 0.4) is 0 Å². The van der Waals surface area contributed by atoms with Crippen molar-refractivity contribution in [2.45, 2.75) is 25.6 Å². The molecule has 0 fully saturated rings. The zero-order valence-corrected chi connectivity index (χ0v) is 12.1. The van der Waals surface area contributed by atoms with Crippen LogP contribution in [0.4, 0.5) is 13.2 Å². The lowest BCUT2D eigenvalue weighted by molar-refractivity contribution is -0.137. The smallest absolute Gasteiger partial charge is 0.416 e. The first-order chi connectivity index (χ1) is 10.5. The summed E-state index contributed by atoms with van der Waals surface area (Å²) in [5.41, 5.74) is 6.41. The van der Waals surface area contributed by atoms with E-state index < -0.39 is 11.7 Å². The zero-order chi connectivity index (χ0) is 16.0. The quantitative estimate of drug-likeness (QED) is 0.869. The minimum absolute atomic E-state index is 0.101. The number of rotatable bonds is 6. The summed E-state index contributed by atoms with van der Waals surface area (Å²) in [6, 6.07) is 12.7. The van der Waals surface area contributed by atoms with Crippen molar-refractivity contribution in [3.63, 3.8) is 0 Å². The molecule has 118 valence electrons. The predicted molar refractivity (Wildman–Crippen MR) is 79.6 cm³/mol. The minimum Gasteiger partial charge on any atom is -0.489 e. The maximum Gasteiger partial charge on any atom is 0.416 e. The summed E-state index contributed by atoms with van der Waals surface area (Å²) >= 11 is 0. The molecule has 0 heterocycles. The Morgan fingerprint density at radius 3 is 2.41 bits per heavy atom. The van der Waals surface area contributed by atoms with Gasteiger partial charge in [-0.05, 0) is 54.8 Å². The van der Waals surface area contributed by atoms with Crippen molar-refractivity contribution < 1.29 is 17.9 Å². The highest BCUT2D eigenvalue weighted by Gasteiger charge is 2.30. The fourth-order valence-electron chi connectivity index (χ4n) is 2.10. The Kier molecular flexibility index (Phi) is 5.44. The number of hydrogen-bond acceptors (Lipinski definition) is 2.